The highest BCUT2D eigenvalue weighted by Crippen LogP contribution is 2.41. The number of carbonyl (C=O) groups excluding carboxylic acids is 2. The maximum absolute atomic E-state index is 12.4. The summed E-state index contributed by atoms with van der Waals surface area (Å²) in [7, 11) is 1.55. The van der Waals surface area contributed by atoms with Gasteiger partial charge in [0.1, 0.15) is 30.3 Å². The quantitative estimate of drug-likeness (QED) is 0.611. The second-order valence-corrected chi connectivity index (χ2v) is 5.15. The summed E-state index contributed by atoms with van der Waals surface area (Å²) in [5.41, 5.74) is 0.656. The number of ether oxygens (including phenoxy) is 3. The summed E-state index contributed by atoms with van der Waals surface area (Å²) in [6.07, 6.45) is -0.290. The number of hydrogen-bond acceptors (Lipinski definition) is 5. The van der Waals surface area contributed by atoms with Gasteiger partial charge in [-0.15, -0.1) is 0 Å². The Labute approximate surface area is 122 Å². The van der Waals surface area contributed by atoms with Crippen molar-refractivity contribution in [2.24, 2.45) is 5.92 Å². The van der Waals surface area contributed by atoms with E-state index in [0.717, 1.165) is 0 Å². The molecule has 0 radical (unpaired) electrons. The third-order valence-electron chi connectivity index (χ3n) is 3.95. The van der Waals surface area contributed by atoms with Gasteiger partial charge in [0.25, 0.3) is 0 Å². The number of Topliss-reactive ketones (excluding diaryl/α,β-unsaturated/α-hetero) is 1. The number of anilines is 1. The Morgan fingerprint density at radius 2 is 2.14 bits per heavy atom. The zero-order valence-electron chi connectivity index (χ0n) is 11.9. The van der Waals surface area contributed by atoms with Crippen LogP contribution in [0.5, 0.6) is 5.75 Å². The van der Waals surface area contributed by atoms with E-state index in [0.29, 0.717) is 18.0 Å². The van der Waals surface area contributed by atoms with Crippen molar-refractivity contribution in [1.29, 1.82) is 0 Å². The summed E-state index contributed by atoms with van der Waals surface area (Å²) < 4.78 is 16.0. The van der Waals surface area contributed by atoms with Gasteiger partial charge in [-0.1, -0.05) is 12.1 Å². The van der Waals surface area contributed by atoms with Crippen LogP contribution >= 0.6 is 0 Å². The molecule has 112 valence electrons. The minimum absolute atomic E-state index is 0.147. The van der Waals surface area contributed by atoms with Crippen molar-refractivity contribution in [3.63, 3.8) is 0 Å². The lowest BCUT2D eigenvalue weighted by atomic mass is 9.80. The van der Waals surface area contributed by atoms with E-state index in [4.69, 9.17) is 14.2 Å². The van der Waals surface area contributed by atoms with Crippen LogP contribution in [0.15, 0.2) is 24.3 Å². The van der Waals surface area contributed by atoms with E-state index in [2.05, 4.69) is 0 Å². The molecule has 6 nitrogen and oxygen atoms in total. The molecule has 0 bridgehead atoms. The molecule has 1 aromatic carbocycles. The third-order valence-corrected chi connectivity index (χ3v) is 3.95. The lowest BCUT2D eigenvalue weighted by Crippen LogP contribution is -2.68. The van der Waals surface area contributed by atoms with Crippen LogP contribution in [-0.2, 0) is 19.1 Å². The first kappa shape index (κ1) is 14.0. The summed E-state index contributed by atoms with van der Waals surface area (Å²) in [5, 5.41) is 0. The highest BCUT2D eigenvalue weighted by molar-refractivity contribution is 6.15. The first-order chi connectivity index (χ1) is 10.1. The Morgan fingerprint density at radius 1 is 1.38 bits per heavy atom. The number of ketones is 1. The van der Waals surface area contributed by atoms with Gasteiger partial charge in [0.15, 0.2) is 0 Å². The molecule has 3 atom stereocenters. The molecular formula is C15H17NO5. The van der Waals surface area contributed by atoms with Crippen LogP contribution < -0.4 is 9.64 Å². The topological polar surface area (TPSA) is 65.1 Å². The summed E-state index contributed by atoms with van der Waals surface area (Å²) in [5.74, 6) is -0.433. The predicted octanol–water partition coefficient (Wildman–Crippen LogP) is 0.988. The number of β-lactam (4-membered cyclic amide) rings is 1. The van der Waals surface area contributed by atoms with Crippen molar-refractivity contribution in [1.82, 2.24) is 0 Å². The Kier molecular flexibility index (Phi) is 3.65. The minimum atomic E-state index is -0.665. The van der Waals surface area contributed by atoms with Crippen molar-refractivity contribution in [3.05, 3.63) is 24.3 Å². The molecule has 2 saturated heterocycles. The van der Waals surface area contributed by atoms with E-state index in [1.165, 1.54) is 6.92 Å². The van der Waals surface area contributed by atoms with Crippen molar-refractivity contribution in [2.75, 3.05) is 25.4 Å². The Balaban J connectivity index is 1.96. The van der Waals surface area contributed by atoms with Crippen molar-refractivity contribution in [2.45, 2.75) is 19.1 Å². The average Bonchev–Trinajstić information content (AvgIpc) is 2.98. The molecule has 2 fully saturated rings. The number of amides is 1. The number of methoxy groups -OCH3 is 1. The predicted molar refractivity (Wildman–Crippen MR) is 74.1 cm³/mol. The smallest absolute Gasteiger partial charge is 0.240 e. The maximum atomic E-state index is 12.4. The van der Waals surface area contributed by atoms with E-state index >= 15 is 0 Å². The van der Waals surface area contributed by atoms with Crippen LogP contribution in [0.4, 0.5) is 5.69 Å². The van der Waals surface area contributed by atoms with E-state index < -0.39 is 5.92 Å². The van der Waals surface area contributed by atoms with Crippen molar-refractivity contribution in [3.8, 4) is 5.75 Å². The number of carbonyl (C=O) groups is 2. The van der Waals surface area contributed by atoms with Gasteiger partial charge in [-0.25, -0.2) is 0 Å². The summed E-state index contributed by atoms with van der Waals surface area (Å²) >= 11 is 0. The van der Waals surface area contributed by atoms with Gasteiger partial charge in [0.2, 0.25) is 5.91 Å². The summed E-state index contributed by atoms with van der Waals surface area (Å²) in [4.78, 5) is 25.7. The fraction of sp³-hybridized carbons (Fsp3) is 0.467. The number of benzene rings is 1. The number of para-hydroxylation sites is 2. The second-order valence-electron chi connectivity index (χ2n) is 5.15. The van der Waals surface area contributed by atoms with Gasteiger partial charge < -0.3 is 19.1 Å². The van der Waals surface area contributed by atoms with Gasteiger partial charge in [-0.3, -0.25) is 9.59 Å². The van der Waals surface area contributed by atoms with Crippen molar-refractivity contribution < 1.29 is 23.8 Å². The summed E-state index contributed by atoms with van der Waals surface area (Å²) in [6, 6.07) is 6.91. The Bertz CT molecular complexity index is 567. The van der Waals surface area contributed by atoms with E-state index in [9.17, 15) is 9.59 Å². The Hall–Kier alpha value is -1.92. The number of nitrogens with zero attached hydrogens (tertiary/aromatic N) is 1. The molecule has 0 aliphatic carbocycles. The van der Waals surface area contributed by atoms with Gasteiger partial charge in [0.05, 0.1) is 25.4 Å². The van der Waals surface area contributed by atoms with E-state index in [1.807, 2.05) is 12.1 Å². The first-order valence-corrected chi connectivity index (χ1v) is 6.81. The minimum Gasteiger partial charge on any atom is -0.495 e. The second kappa shape index (κ2) is 5.46. The van der Waals surface area contributed by atoms with E-state index in [1.54, 1.807) is 24.1 Å². The lowest BCUT2D eigenvalue weighted by molar-refractivity contribution is -0.141. The number of rotatable bonds is 4. The fourth-order valence-corrected chi connectivity index (χ4v) is 2.96. The van der Waals surface area contributed by atoms with Gasteiger partial charge in [-0.2, -0.15) is 0 Å². The number of hydrogen-bond donors (Lipinski definition) is 0. The zero-order valence-corrected chi connectivity index (χ0v) is 11.9. The van der Waals surface area contributed by atoms with Gasteiger partial charge in [-0.05, 0) is 19.1 Å². The molecule has 0 unspecified atom stereocenters. The van der Waals surface area contributed by atoms with Crippen LogP contribution in [0.1, 0.15) is 6.92 Å². The van der Waals surface area contributed by atoms with Crippen LogP contribution in [0, 0.1) is 5.92 Å². The zero-order chi connectivity index (χ0) is 15.0. The molecule has 2 heterocycles. The largest absolute Gasteiger partial charge is 0.495 e. The highest BCUT2D eigenvalue weighted by Gasteiger charge is 2.55. The molecule has 21 heavy (non-hydrogen) atoms. The monoisotopic (exact) mass is 291 g/mol. The molecule has 6 heteroatoms. The molecule has 1 amide bonds. The molecule has 0 N–H and O–H groups in total. The van der Waals surface area contributed by atoms with Crippen LogP contribution in [0.25, 0.3) is 0 Å². The molecular weight excluding hydrogens is 274 g/mol. The normalized spacial score (nSPS) is 28.4. The molecule has 0 aromatic heterocycles. The SMILES string of the molecule is COc1ccccc1N1C(=O)[C@H](C(C)=O)[C@H]1[C@H]1COCO1. The Morgan fingerprint density at radius 3 is 2.76 bits per heavy atom. The highest BCUT2D eigenvalue weighted by atomic mass is 16.7. The molecule has 0 spiro atoms. The van der Waals surface area contributed by atoms with Gasteiger partial charge >= 0.3 is 0 Å². The third kappa shape index (κ3) is 2.20. The fourth-order valence-electron chi connectivity index (χ4n) is 2.96. The molecule has 3 rings (SSSR count). The summed E-state index contributed by atoms with van der Waals surface area (Å²) in [6.45, 7) is 2.01. The average molecular weight is 291 g/mol. The van der Waals surface area contributed by atoms with Gasteiger partial charge in [0, 0.05) is 0 Å². The van der Waals surface area contributed by atoms with Crippen LogP contribution in [-0.4, -0.2) is 44.3 Å². The lowest BCUT2D eigenvalue weighted by Gasteiger charge is -2.48. The molecule has 0 saturated carbocycles. The first-order valence-electron chi connectivity index (χ1n) is 6.81. The molecule has 2 aliphatic heterocycles. The van der Waals surface area contributed by atoms with Crippen molar-refractivity contribution >= 4 is 17.4 Å². The van der Waals surface area contributed by atoms with E-state index in [-0.39, 0.29) is 30.6 Å². The molecule has 1 aromatic rings. The van der Waals surface area contributed by atoms with Crippen LogP contribution in [0.2, 0.25) is 0 Å². The molecule has 2 aliphatic rings. The standard InChI is InChI=1S/C15H17NO5/c1-9(17)13-14(12-7-20-8-21-12)16(15(13)18)10-5-3-4-6-11(10)19-2/h3-6,12-14H,7-8H2,1-2H3/t12-,13-,14-/m1/s1. The van der Waals surface area contributed by atoms with Crippen LogP contribution in [0.3, 0.4) is 0 Å². The maximum Gasteiger partial charge on any atom is 0.240 e.